The van der Waals surface area contributed by atoms with Gasteiger partial charge in [0.1, 0.15) is 0 Å². The van der Waals surface area contributed by atoms with E-state index in [2.05, 4.69) is 48.6 Å². The summed E-state index contributed by atoms with van der Waals surface area (Å²) in [5.74, 6) is 1.17. The molecule has 1 N–H and O–H groups in total. The van der Waals surface area contributed by atoms with Crippen LogP contribution in [0.2, 0.25) is 0 Å². The number of pyridine rings is 1. The summed E-state index contributed by atoms with van der Waals surface area (Å²) in [5.41, 5.74) is 2.33. The van der Waals surface area contributed by atoms with Crippen LogP contribution in [-0.4, -0.2) is 41.0 Å². The molecule has 1 saturated carbocycles. The fraction of sp³-hybridized carbons (Fsp3) is 0.667. The smallest absolute Gasteiger partial charge is 0.0547 e. The summed E-state index contributed by atoms with van der Waals surface area (Å²) >= 11 is 1.90. The van der Waals surface area contributed by atoms with Crippen LogP contribution >= 0.6 is 11.8 Å². The van der Waals surface area contributed by atoms with Crippen molar-refractivity contribution in [1.29, 1.82) is 0 Å². The van der Waals surface area contributed by atoms with Crippen LogP contribution in [0, 0.1) is 0 Å². The number of hydrogen-bond donors (Lipinski definition) is 1. The highest BCUT2D eigenvalue weighted by Crippen LogP contribution is 2.19. The lowest BCUT2D eigenvalue weighted by Crippen LogP contribution is -2.31. The summed E-state index contributed by atoms with van der Waals surface area (Å²) in [6.07, 6.45) is 4.82. The molecule has 1 heterocycles. The summed E-state index contributed by atoms with van der Waals surface area (Å²) < 4.78 is 0. The number of aromatic nitrogens is 1. The fourth-order valence-electron chi connectivity index (χ4n) is 2.03. The van der Waals surface area contributed by atoms with Crippen molar-refractivity contribution < 1.29 is 0 Å². The first kappa shape index (κ1) is 14.8. The van der Waals surface area contributed by atoms with E-state index in [0.29, 0.717) is 6.04 Å². The Kier molecular flexibility index (Phi) is 5.67. The van der Waals surface area contributed by atoms with Crippen LogP contribution in [0.4, 0.5) is 0 Å². The Morgan fingerprint density at radius 3 is 2.84 bits per heavy atom. The van der Waals surface area contributed by atoms with E-state index in [1.165, 1.54) is 24.3 Å². The van der Waals surface area contributed by atoms with Crippen LogP contribution in [0.15, 0.2) is 18.2 Å². The van der Waals surface area contributed by atoms with Crippen molar-refractivity contribution in [1.82, 2.24) is 15.2 Å². The predicted molar refractivity (Wildman–Crippen MR) is 83.4 cm³/mol. The van der Waals surface area contributed by atoms with Crippen LogP contribution in [0.5, 0.6) is 0 Å². The molecular formula is C15H25N3S. The van der Waals surface area contributed by atoms with Gasteiger partial charge in [-0.1, -0.05) is 6.07 Å². The van der Waals surface area contributed by atoms with Crippen LogP contribution in [-0.2, 0) is 13.1 Å². The lowest BCUT2D eigenvalue weighted by molar-refractivity contribution is 0.266. The molecule has 19 heavy (non-hydrogen) atoms. The molecule has 1 aliphatic rings. The van der Waals surface area contributed by atoms with E-state index in [-0.39, 0.29) is 0 Å². The highest BCUT2D eigenvalue weighted by molar-refractivity contribution is 7.98. The second-order valence-electron chi connectivity index (χ2n) is 5.49. The predicted octanol–water partition coefficient (Wildman–Crippen LogP) is 2.52. The van der Waals surface area contributed by atoms with Crippen molar-refractivity contribution >= 4 is 11.8 Å². The average molecular weight is 279 g/mol. The van der Waals surface area contributed by atoms with E-state index in [4.69, 9.17) is 4.98 Å². The summed E-state index contributed by atoms with van der Waals surface area (Å²) in [6.45, 7) is 4.11. The Bertz CT molecular complexity index is 393. The molecule has 106 valence electrons. The number of rotatable bonds is 8. The third-order valence-corrected chi connectivity index (χ3v) is 4.40. The van der Waals surface area contributed by atoms with Gasteiger partial charge in [-0.3, -0.25) is 9.88 Å². The molecule has 0 aromatic carbocycles. The third-order valence-electron chi connectivity index (χ3n) is 3.59. The van der Waals surface area contributed by atoms with E-state index in [9.17, 15) is 0 Å². The van der Waals surface area contributed by atoms with Gasteiger partial charge in [0.15, 0.2) is 0 Å². The largest absolute Gasteiger partial charge is 0.308 e. The number of thioether (sulfide) groups is 1. The van der Waals surface area contributed by atoms with Crippen molar-refractivity contribution in [3.05, 3.63) is 29.6 Å². The van der Waals surface area contributed by atoms with Gasteiger partial charge >= 0.3 is 0 Å². The molecule has 0 radical (unpaired) electrons. The second kappa shape index (κ2) is 7.27. The minimum Gasteiger partial charge on any atom is -0.308 e. The van der Waals surface area contributed by atoms with E-state index in [0.717, 1.165) is 24.8 Å². The van der Waals surface area contributed by atoms with Gasteiger partial charge in [0, 0.05) is 30.9 Å². The van der Waals surface area contributed by atoms with Gasteiger partial charge in [-0.25, -0.2) is 0 Å². The molecule has 0 amide bonds. The zero-order chi connectivity index (χ0) is 13.7. The second-order valence-corrected chi connectivity index (χ2v) is 6.41. The molecule has 1 fully saturated rings. The first-order chi connectivity index (χ1) is 9.19. The van der Waals surface area contributed by atoms with Crippen molar-refractivity contribution in [2.24, 2.45) is 0 Å². The van der Waals surface area contributed by atoms with Gasteiger partial charge in [-0.2, -0.15) is 11.8 Å². The molecule has 1 aromatic heterocycles. The molecule has 0 aliphatic heterocycles. The van der Waals surface area contributed by atoms with Crippen LogP contribution in [0.25, 0.3) is 0 Å². The first-order valence-electron chi connectivity index (χ1n) is 7.06. The standard InChI is InChI=1S/C15H25N3S/c1-12(11-19-3)18(2)10-15-6-4-5-14(17-15)9-16-13-7-8-13/h4-6,12-13,16H,7-11H2,1-3H3. The van der Waals surface area contributed by atoms with Crippen LogP contribution < -0.4 is 5.32 Å². The Morgan fingerprint density at radius 2 is 2.16 bits per heavy atom. The normalized spacial score (nSPS) is 16.8. The maximum atomic E-state index is 4.74. The van der Waals surface area contributed by atoms with E-state index < -0.39 is 0 Å². The lowest BCUT2D eigenvalue weighted by atomic mass is 10.2. The van der Waals surface area contributed by atoms with Crippen LogP contribution in [0.1, 0.15) is 31.2 Å². The molecule has 3 nitrogen and oxygen atoms in total. The van der Waals surface area contributed by atoms with Crippen LogP contribution in [0.3, 0.4) is 0 Å². The Labute approximate surface area is 121 Å². The summed E-state index contributed by atoms with van der Waals surface area (Å²) in [5, 5.41) is 3.52. The van der Waals surface area contributed by atoms with Gasteiger partial charge in [-0.05, 0) is 45.2 Å². The maximum absolute atomic E-state index is 4.74. The highest BCUT2D eigenvalue weighted by Gasteiger charge is 2.20. The Balaban J connectivity index is 1.86. The van der Waals surface area contributed by atoms with E-state index in [1.54, 1.807) is 0 Å². The third kappa shape index (κ3) is 5.13. The topological polar surface area (TPSA) is 28.2 Å². The van der Waals surface area contributed by atoms with Crippen molar-refractivity contribution in [3.63, 3.8) is 0 Å². The van der Waals surface area contributed by atoms with Gasteiger partial charge in [0.05, 0.1) is 11.4 Å². The summed E-state index contributed by atoms with van der Waals surface area (Å²) in [7, 11) is 2.18. The quantitative estimate of drug-likeness (QED) is 0.791. The molecule has 0 bridgehead atoms. The Morgan fingerprint density at radius 1 is 1.42 bits per heavy atom. The SMILES string of the molecule is CSCC(C)N(C)Cc1cccc(CNC2CC2)n1. The minimum absolute atomic E-state index is 0.588. The van der Waals surface area contributed by atoms with Gasteiger partial charge in [0.2, 0.25) is 0 Å². The van der Waals surface area contributed by atoms with Gasteiger partial charge in [0.25, 0.3) is 0 Å². The van der Waals surface area contributed by atoms with E-state index >= 15 is 0 Å². The molecule has 1 aliphatic carbocycles. The average Bonchev–Trinajstić information content (AvgIpc) is 3.21. The van der Waals surface area contributed by atoms with Crippen molar-refractivity contribution in [3.8, 4) is 0 Å². The Hall–Kier alpha value is -0.580. The molecule has 1 atom stereocenters. The molecule has 1 aromatic rings. The van der Waals surface area contributed by atoms with Gasteiger partial charge in [-0.15, -0.1) is 0 Å². The lowest BCUT2D eigenvalue weighted by Gasteiger charge is -2.23. The first-order valence-corrected chi connectivity index (χ1v) is 8.46. The zero-order valence-corrected chi connectivity index (χ0v) is 13.0. The summed E-state index contributed by atoms with van der Waals surface area (Å²) in [6, 6.07) is 7.70. The maximum Gasteiger partial charge on any atom is 0.0547 e. The van der Waals surface area contributed by atoms with E-state index in [1.807, 2.05) is 11.8 Å². The molecule has 1 unspecified atom stereocenters. The van der Waals surface area contributed by atoms with Gasteiger partial charge < -0.3 is 5.32 Å². The number of hydrogen-bond acceptors (Lipinski definition) is 4. The van der Waals surface area contributed by atoms with Crippen molar-refractivity contribution in [2.45, 2.75) is 44.9 Å². The number of nitrogens with one attached hydrogen (secondary N) is 1. The minimum atomic E-state index is 0.588. The summed E-state index contributed by atoms with van der Waals surface area (Å²) in [4.78, 5) is 7.12. The highest BCUT2D eigenvalue weighted by atomic mass is 32.2. The fourth-order valence-corrected chi connectivity index (χ4v) is 2.77. The monoisotopic (exact) mass is 279 g/mol. The molecule has 2 rings (SSSR count). The molecule has 0 saturated heterocycles. The number of nitrogens with zero attached hydrogens (tertiary/aromatic N) is 2. The zero-order valence-electron chi connectivity index (χ0n) is 12.2. The van der Waals surface area contributed by atoms with Crippen molar-refractivity contribution in [2.75, 3.05) is 19.1 Å². The molecule has 0 spiro atoms. The molecular weight excluding hydrogens is 254 g/mol. The molecule has 4 heteroatoms.